The molecule has 1 heterocycles. The van der Waals surface area contributed by atoms with Gasteiger partial charge in [0.05, 0.1) is 6.54 Å². The van der Waals surface area contributed by atoms with E-state index in [0.29, 0.717) is 6.54 Å². The molecule has 1 aromatic rings. The van der Waals surface area contributed by atoms with Gasteiger partial charge in [0.25, 0.3) is 5.91 Å². The Morgan fingerprint density at radius 3 is 2.67 bits per heavy atom. The zero-order valence-corrected chi connectivity index (χ0v) is 13.0. The minimum absolute atomic E-state index is 0.129. The molecule has 0 unspecified atom stereocenters. The molecule has 112 valence electrons. The van der Waals surface area contributed by atoms with Crippen molar-refractivity contribution in [2.75, 3.05) is 19.6 Å². The third-order valence-corrected chi connectivity index (χ3v) is 4.14. The number of nitrogens with zero attached hydrogens (tertiary/aromatic N) is 1. The largest absolute Gasteiger partial charge is 0.339 e. The fraction of sp³-hybridized carbons (Fsp3) is 0.500. The van der Waals surface area contributed by atoms with Crippen LogP contribution in [-0.4, -0.2) is 30.4 Å². The number of rotatable bonds is 2. The summed E-state index contributed by atoms with van der Waals surface area (Å²) in [4.78, 5) is 14.6. The maximum atomic E-state index is 12.6. The number of hydrogen-bond acceptors (Lipinski definition) is 2. The van der Waals surface area contributed by atoms with Gasteiger partial charge in [-0.2, -0.15) is 0 Å². The normalized spacial score (nSPS) is 15.5. The van der Waals surface area contributed by atoms with Crippen LogP contribution in [0.25, 0.3) is 0 Å². The lowest BCUT2D eigenvalue weighted by molar-refractivity contribution is 0.0688. The monoisotopic (exact) mass is 284 g/mol. The van der Waals surface area contributed by atoms with E-state index in [9.17, 15) is 4.79 Å². The Labute approximate surface area is 127 Å². The van der Waals surface area contributed by atoms with Crippen LogP contribution >= 0.6 is 0 Å². The molecule has 1 aliphatic heterocycles. The minimum atomic E-state index is 0.129. The highest BCUT2D eigenvalue weighted by atomic mass is 16.2. The van der Waals surface area contributed by atoms with E-state index in [2.05, 4.69) is 18.8 Å². The standard InChI is InChI=1S/C18H24N2O/c1-3-15-6-9-20(10-7-15)18(21)17-12-14(2)11-16(13-17)5-4-8-19/h11-13,15H,3,6-10,19H2,1-2H3. The predicted octanol–water partition coefficient (Wildman–Crippen LogP) is 2.57. The van der Waals surface area contributed by atoms with Crippen LogP contribution in [0.5, 0.6) is 0 Å². The average Bonchev–Trinajstić information content (AvgIpc) is 2.51. The van der Waals surface area contributed by atoms with Crippen molar-refractivity contribution >= 4 is 5.91 Å². The van der Waals surface area contributed by atoms with Gasteiger partial charge in [-0.3, -0.25) is 4.79 Å². The second kappa shape index (κ2) is 7.28. The smallest absolute Gasteiger partial charge is 0.253 e. The summed E-state index contributed by atoms with van der Waals surface area (Å²) in [5.41, 5.74) is 8.08. The van der Waals surface area contributed by atoms with Crippen molar-refractivity contribution in [3.8, 4) is 11.8 Å². The van der Waals surface area contributed by atoms with Crippen molar-refractivity contribution in [2.45, 2.75) is 33.1 Å². The Kier molecular flexibility index (Phi) is 5.41. The lowest BCUT2D eigenvalue weighted by atomic mass is 9.94. The molecule has 0 atom stereocenters. The van der Waals surface area contributed by atoms with Gasteiger partial charge in [0, 0.05) is 24.2 Å². The Balaban J connectivity index is 2.14. The van der Waals surface area contributed by atoms with Crippen molar-refractivity contribution in [3.05, 3.63) is 34.9 Å². The number of hydrogen-bond donors (Lipinski definition) is 1. The Morgan fingerprint density at radius 1 is 1.33 bits per heavy atom. The molecule has 2 N–H and O–H groups in total. The summed E-state index contributed by atoms with van der Waals surface area (Å²) < 4.78 is 0. The summed E-state index contributed by atoms with van der Waals surface area (Å²) >= 11 is 0. The van der Waals surface area contributed by atoms with Gasteiger partial charge in [-0.15, -0.1) is 0 Å². The molecule has 0 bridgehead atoms. The maximum absolute atomic E-state index is 12.6. The van der Waals surface area contributed by atoms with Crippen molar-refractivity contribution in [2.24, 2.45) is 11.7 Å². The Morgan fingerprint density at radius 2 is 2.05 bits per heavy atom. The van der Waals surface area contributed by atoms with E-state index in [4.69, 9.17) is 5.73 Å². The fourth-order valence-corrected chi connectivity index (χ4v) is 2.86. The van der Waals surface area contributed by atoms with Crippen LogP contribution in [0.4, 0.5) is 0 Å². The summed E-state index contributed by atoms with van der Waals surface area (Å²) in [5.74, 6) is 6.76. The molecular formula is C18H24N2O. The van der Waals surface area contributed by atoms with Gasteiger partial charge in [0.15, 0.2) is 0 Å². The number of amides is 1. The van der Waals surface area contributed by atoms with Crippen LogP contribution in [0.2, 0.25) is 0 Å². The van der Waals surface area contributed by atoms with Gasteiger partial charge in [-0.05, 0) is 49.4 Å². The quantitative estimate of drug-likeness (QED) is 0.848. The first kappa shape index (κ1) is 15.6. The Bertz CT molecular complexity index is 560. The summed E-state index contributed by atoms with van der Waals surface area (Å²) in [6.07, 6.45) is 3.45. The van der Waals surface area contributed by atoms with Gasteiger partial charge >= 0.3 is 0 Å². The number of aryl methyl sites for hydroxylation is 1. The average molecular weight is 284 g/mol. The molecule has 1 amide bonds. The molecule has 2 rings (SSSR count). The van der Waals surface area contributed by atoms with Crippen LogP contribution in [0, 0.1) is 24.7 Å². The molecular weight excluding hydrogens is 260 g/mol. The lowest BCUT2D eigenvalue weighted by Crippen LogP contribution is -2.38. The molecule has 1 aliphatic rings. The molecule has 0 radical (unpaired) electrons. The number of benzene rings is 1. The van der Waals surface area contributed by atoms with Crippen molar-refractivity contribution in [3.63, 3.8) is 0 Å². The molecule has 0 spiro atoms. The molecule has 1 fully saturated rings. The predicted molar refractivity (Wildman–Crippen MR) is 86.0 cm³/mol. The third-order valence-electron chi connectivity index (χ3n) is 4.14. The van der Waals surface area contributed by atoms with Crippen LogP contribution < -0.4 is 5.73 Å². The van der Waals surface area contributed by atoms with E-state index in [1.807, 2.05) is 30.0 Å². The Hall–Kier alpha value is -1.79. The highest BCUT2D eigenvalue weighted by Gasteiger charge is 2.22. The van der Waals surface area contributed by atoms with E-state index >= 15 is 0 Å². The van der Waals surface area contributed by atoms with Gasteiger partial charge in [-0.25, -0.2) is 0 Å². The second-order valence-corrected chi connectivity index (χ2v) is 5.74. The van der Waals surface area contributed by atoms with E-state index in [1.165, 1.54) is 6.42 Å². The molecule has 0 aromatic heterocycles. The second-order valence-electron chi connectivity index (χ2n) is 5.74. The molecule has 3 nitrogen and oxygen atoms in total. The summed E-state index contributed by atoms with van der Waals surface area (Å²) in [6.45, 7) is 6.30. The zero-order chi connectivity index (χ0) is 15.2. The third kappa shape index (κ3) is 4.09. The minimum Gasteiger partial charge on any atom is -0.339 e. The maximum Gasteiger partial charge on any atom is 0.253 e. The first-order valence-electron chi connectivity index (χ1n) is 7.74. The summed E-state index contributed by atoms with van der Waals surface area (Å²) in [5, 5.41) is 0. The van der Waals surface area contributed by atoms with Gasteiger partial charge in [-0.1, -0.05) is 25.2 Å². The van der Waals surface area contributed by atoms with Crippen LogP contribution in [0.1, 0.15) is 47.7 Å². The van der Waals surface area contributed by atoms with Crippen LogP contribution in [-0.2, 0) is 0 Å². The van der Waals surface area contributed by atoms with E-state index in [-0.39, 0.29) is 5.91 Å². The SMILES string of the molecule is CCC1CCN(C(=O)c2cc(C)cc(C#CCN)c2)CC1. The van der Waals surface area contributed by atoms with E-state index in [1.54, 1.807) is 0 Å². The van der Waals surface area contributed by atoms with E-state index < -0.39 is 0 Å². The number of carbonyl (C=O) groups is 1. The number of piperidine rings is 1. The van der Waals surface area contributed by atoms with Crippen molar-refractivity contribution in [1.29, 1.82) is 0 Å². The highest BCUT2D eigenvalue weighted by Crippen LogP contribution is 2.22. The van der Waals surface area contributed by atoms with Gasteiger partial charge in [0.1, 0.15) is 0 Å². The van der Waals surface area contributed by atoms with Crippen molar-refractivity contribution < 1.29 is 4.79 Å². The zero-order valence-electron chi connectivity index (χ0n) is 13.0. The number of carbonyl (C=O) groups excluding carboxylic acids is 1. The topological polar surface area (TPSA) is 46.3 Å². The molecule has 1 aromatic carbocycles. The van der Waals surface area contributed by atoms with Crippen LogP contribution in [0.15, 0.2) is 18.2 Å². The lowest BCUT2D eigenvalue weighted by Gasteiger charge is -2.31. The van der Waals surface area contributed by atoms with Crippen molar-refractivity contribution in [1.82, 2.24) is 4.90 Å². The molecule has 21 heavy (non-hydrogen) atoms. The number of nitrogens with two attached hydrogens (primary N) is 1. The molecule has 1 saturated heterocycles. The first-order chi connectivity index (χ1) is 10.1. The van der Waals surface area contributed by atoms with Gasteiger partial charge in [0.2, 0.25) is 0 Å². The fourth-order valence-electron chi connectivity index (χ4n) is 2.86. The summed E-state index contributed by atoms with van der Waals surface area (Å²) in [6, 6.07) is 5.81. The molecule has 0 aliphatic carbocycles. The molecule has 0 saturated carbocycles. The van der Waals surface area contributed by atoms with Crippen LogP contribution in [0.3, 0.4) is 0 Å². The number of likely N-dealkylation sites (tertiary alicyclic amines) is 1. The highest BCUT2D eigenvalue weighted by molar-refractivity contribution is 5.94. The molecule has 3 heteroatoms. The first-order valence-corrected chi connectivity index (χ1v) is 7.74. The van der Waals surface area contributed by atoms with Gasteiger partial charge < -0.3 is 10.6 Å². The summed E-state index contributed by atoms with van der Waals surface area (Å²) in [7, 11) is 0. The van der Waals surface area contributed by atoms with E-state index in [0.717, 1.165) is 48.5 Å².